The molecule has 2 aliphatic rings. The van der Waals surface area contributed by atoms with Gasteiger partial charge in [-0.05, 0) is 57.8 Å². The van der Waals surface area contributed by atoms with Crippen LogP contribution in [0.2, 0.25) is 0 Å². The Bertz CT molecular complexity index is 201. The van der Waals surface area contributed by atoms with Gasteiger partial charge in [0.15, 0.2) is 0 Å². The minimum absolute atomic E-state index is 0.449. The molecule has 2 fully saturated rings. The average molecular weight is 197 g/mol. The van der Waals surface area contributed by atoms with Crippen molar-refractivity contribution < 1.29 is 0 Å². The van der Waals surface area contributed by atoms with E-state index in [0.717, 1.165) is 12.5 Å². The first-order chi connectivity index (χ1) is 6.72. The molecule has 3 nitrogen and oxygen atoms in total. The van der Waals surface area contributed by atoms with Crippen LogP contribution in [0.15, 0.2) is 0 Å². The highest BCUT2D eigenvalue weighted by molar-refractivity contribution is 5.06. The summed E-state index contributed by atoms with van der Waals surface area (Å²) >= 11 is 0. The maximum atomic E-state index is 5.89. The first-order valence-corrected chi connectivity index (χ1v) is 5.78. The van der Waals surface area contributed by atoms with Crippen LogP contribution in [0.25, 0.3) is 0 Å². The van der Waals surface area contributed by atoms with Crippen molar-refractivity contribution in [1.82, 2.24) is 10.2 Å². The number of hydrogen-bond acceptors (Lipinski definition) is 3. The van der Waals surface area contributed by atoms with Gasteiger partial charge < -0.3 is 16.0 Å². The van der Waals surface area contributed by atoms with Crippen LogP contribution in [0.5, 0.6) is 0 Å². The lowest BCUT2D eigenvalue weighted by Crippen LogP contribution is -2.45. The molecule has 0 bridgehead atoms. The number of hydrogen-bond donors (Lipinski definition) is 2. The fourth-order valence-corrected chi connectivity index (χ4v) is 3.09. The molecule has 1 saturated heterocycles. The highest BCUT2D eigenvalue weighted by Gasteiger charge is 2.50. The van der Waals surface area contributed by atoms with Gasteiger partial charge in [0.2, 0.25) is 0 Å². The molecular weight excluding hydrogens is 174 g/mol. The molecule has 1 saturated carbocycles. The predicted molar refractivity (Wildman–Crippen MR) is 59.2 cm³/mol. The predicted octanol–water partition coefficient (Wildman–Crippen LogP) is 0.265. The molecule has 2 rings (SSSR count). The molecule has 0 amide bonds. The maximum Gasteiger partial charge on any atom is 0.0173 e. The molecule has 82 valence electrons. The van der Waals surface area contributed by atoms with Crippen LogP contribution in [0.4, 0.5) is 0 Å². The summed E-state index contributed by atoms with van der Waals surface area (Å²) in [7, 11) is 4.31. The van der Waals surface area contributed by atoms with E-state index in [0.29, 0.717) is 11.5 Å². The summed E-state index contributed by atoms with van der Waals surface area (Å²) in [6, 6.07) is 0.650. The van der Waals surface area contributed by atoms with E-state index in [1.54, 1.807) is 0 Å². The number of nitrogens with two attached hydrogens (primary N) is 1. The van der Waals surface area contributed by atoms with Gasteiger partial charge in [-0.25, -0.2) is 0 Å². The Morgan fingerprint density at radius 3 is 2.64 bits per heavy atom. The Kier molecular flexibility index (Phi) is 2.82. The molecule has 0 aromatic rings. The quantitative estimate of drug-likeness (QED) is 0.679. The van der Waals surface area contributed by atoms with Crippen molar-refractivity contribution >= 4 is 0 Å². The fraction of sp³-hybridized carbons (Fsp3) is 1.00. The van der Waals surface area contributed by atoms with Crippen LogP contribution in [0.1, 0.15) is 19.3 Å². The van der Waals surface area contributed by atoms with Gasteiger partial charge in [0.1, 0.15) is 0 Å². The number of likely N-dealkylation sites (tertiary alicyclic amines) is 1. The van der Waals surface area contributed by atoms with E-state index in [1.165, 1.54) is 32.4 Å². The Hall–Kier alpha value is -0.120. The maximum absolute atomic E-state index is 5.89. The summed E-state index contributed by atoms with van der Waals surface area (Å²) in [5.74, 6) is 0.816. The standard InChI is InChI=1S/C11H23N3/c1-13-10(11(8-12)4-5-11)9-3-6-14(2)7-9/h9-10,13H,3-8,12H2,1-2H3. The van der Waals surface area contributed by atoms with E-state index in [2.05, 4.69) is 24.3 Å². The van der Waals surface area contributed by atoms with Crippen molar-refractivity contribution in [3.05, 3.63) is 0 Å². The van der Waals surface area contributed by atoms with Crippen LogP contribution in [-0.2, 0) is 0 Å². The summed E-state index contributed by atoms with van der Waals surface area (Å²) in [5.41, 5.74) is 6.34. The van der Waals surface area contributed by atoms with Gasteiger partial charge in [0, 0.05) is 12.6 Å². The van der Waals surface area contributed by atoms with E-state index in [9.17, 15) is 0 Å². The summed E-state index contributed by atoms with van der Waals surface area (Å²) in [5, 5.41) is 3.51. The highest BCUT2D eigenvalue weighted by Crippen LogP contribution is 2.50. The third kappa shape index (κ3) is 1.69. The van der Waals surface area contributed by atoms with Crippen molar-refractivity contribution in [2.24, 2.45) is 17.1 Å². The second-order valence-corrected chi connectivity index (χ2v) is 5.14. The summed E-state index contributed by atoms with van der Waals surface area (Å²) in [6.45, 7) is 3.36. The summed E-state index contributed by atoms with van der Waals surface area (Å²) < 4.78 is 0. The molecule has 2 atom stereocenters. The van der Waals surface area contributed by atoms with Gasteiger partial charge in [0.05, 0.1) is 0 Å². The lowest BCUT2D eigenvalue weighted by atomic mass is 9.85. The molecule has 0 aromatic carbocycles. The van der Waals surface area contributed by atoms with Crippen molar-refractivity contribution in [3.8, 4) is 0 Å². The van der Waals surface area contributed by atoms with E-state index >= 15 is 0 Å². The molecule has 0 spiro atoms. The van der Waals surface area contributed by atoms with Crippen molar-refractivity contribution in [1.29, 1.82) is 0 Å². The highest BCUT2D eigenvalue weighted by atomic mass is 15.1. The van der Waals surface area contributed by atoms with Crippen LogP contribution in [0.3, 0.4) is 0 Å². The van der Waals surface area contributed by atoms with E-state index < -0.39 is 0 Å². The smallest absolute Gasteiger partial charge is 0.0173 e. The molecular formula is C11H23N3. The summed E-state index contributed by atoms with van der Waals surface area (Å²) in [6.07, 6.45) is 3.99. The van der Waals surface area contributed by atoms with Gasteiger partial charge in [-0.15, -0.1) is 0 Å². The Morgan fingerprint density at radius 1 is 1.57 bits per heavy atom. The van der Waals surface area contributed by atoms with Crippen LogP contribution in [0, 0.1) is 11.3 Å². The average Bonchev–Trinajstić information content (AvgIpc) is 2.86. The molecule has 0 aromatic heterocycles. The zero-order chi connectivity index (χ0) is 10.2. The van der Waals surface area contributed by atoms with Crippen LogP contribution in [-0.4, -0.2) is 44.7 Å². The first kappa shape index (κ1) is 10.4. The van der Waals surface area contributed by atoms with E-state index in [-0.39, 0.29) is 0 Å². The number of rotatable bonds is 4. The normalized spacial score (nSPS) is 33.2. The van der Waals surface area contributed by atoms with Gasteiger partial charge in [-0.2, -0.15) is 0 Å². The first-order valence-electron chi connectivity index (χ1n) is 5.78. The van der Waals surface area contributed by atoms with Gasteiger partial charge >= 0.3 is 0 Å². The minimum atomic E-state index is 0.449. The number of nitrogens with one attached hydrogen (secondary N) is 1. The second-order valence-electron chi connectivity index (χ2n) is 5.14. The van der Waals surface area contributed by atoms with Crippen molar-refractivity contribution in [2.45, 2.75) is 25.3 Å². The molecule has 1 aliphatic carbocycles. The molecule has 3 heteroatoms. The van der Waals surface area contributed by atoms with E-state index in [1.807, 2.05) is 0 Å². The summed E-state index contributed by atoms with van der Waals surface area (Å²) in [4.78, 5) is 2.43. The third-order valence-electron chi connectivity index (χ3n) is 4.17. The lowest BCUT2D eigenvalue weighted by molar-refractivity contribution is 0.253. The zero-order valence-corrected chi connectivity index (χ0v) is 9.42. The topological polar surface area (TPSA) is 41.3 Å². The second kappa shape index (κ2) is 3.80. The molecule has 1 aliphatic heterocycles. The molecule has 0 radical (unpaired) electrons. The molecule has 1 heterocycles. The molecule has 3 N–H and O–H groups in total. The third-order valence-corrected chi connectivity index (χ3v) is 4.17. The largest absolute Gasteiger partial charge is 0.330 e. The van der Waals surface area contributed by atoms with Crippen molar-refractivity contribution in [3.63, 3.8) is 0 Å². The Labute approximate surface area is 87.0 Å². The van der Waals surface area contributed by atoms with Crippen molar-refractivity contribution in [2.75, 3.05) is 33.7 Å². The monoisotopic (exact) mass is 197 g/mol. The van der Waals surface area contributed by atoms with Crippen LogP contribution < -0.4 is 11.1 Å². The van der Waals surface area contributed by atoms with Crippen LogP contribution >= 0.6 is 0 Å². The van der Waals surface area contributed by atoms with Gasteiger partial charge in [-0.1, -0.05) is 0 Å². The number of nitrogens with zero attached hydrogens (tertiary/aromatic N) is 1. The minimum Gasteiger partial charge on any atom is -0.330 e. The van der Waals surface area contributed by atoms with Gasteiger partial charge in [0.25, 0.3) is 0 Å². The lowest BCUT2D eigenvalue weighted by Gasteiger charge is -2.30. The van der Waals surface area contributed by atoms with Gasteiger partial charge in [-0.3, -0.25) is 0 Å². The Balaban J connectivity index is 1.99. The molecule has 14 heavy (non-hydrogen) atoms. The van der Waals surface area contributed by atoms with E-state index in [4.69, 9.17) is 5.73 Å². The molecule has 2 unspecified atom stereocenters. The fourth-order valence-electron chi connectivity index (χ4n) is 3.09. The SMILES string of the molecule is CNC(C1CCN(C)C1)C1(CN)CC1. The zero-order valence-electron chi connectivity index (χ0n) is 9.42. The Morgan fingerprint density at radius 2 is 2.29 bits per heavy atom.